The number of rotatable bonds is 4. The minimum absolute atomic E-state index is 0.0289. The highest BCUT2D eigenvalue weighted by molar-refractivity contribution is 5.76. The summed E-state index contributed by atoms with van der Waals surface area (Å²) in [6.45, 7) is 1.56. The largest absolute Gasteiger partial charge is 0.390 e. The van der Waals surface area contributed by atoms with Crippen molar-refractivity contribution in [3.63, 3.8) is 0 Å². The Morgan fingerprint density at radius 1 is 1.59 bits per heavy atom. The van der Waals surface area contributed by atoms with Gasteiger partial charge in [-0.15, -0.1) is 0 Å². The molecule has 0 unspecified atom stereocenters. The number of aromatic nitrogens is 2. The number of aliphatic hydroxyl groups excluding tert-OH is 1. The fraction of sp³-hybridized carbons (Fsp3) is 0.636. The summed E-state index contributed by atoms with van der Waals surface area (Å²) < 4.78 is 6.89. The van der Waals surface area contributed by atoms with E-state index in [4.69, 9.17) is 9.84 Å². The van der Waals surface area contributed by atoms with Crippen molar-refractivity contribution in [3.05, 3.63) is 18.2 Å². The molecular formula is C11H17N3O3. The summed E-state index contributed by atoms with van der Waals surface area (Å²) in [5.74, 6) is -0.0289. The van der Waals surface area contributed by atoms with Gasteiger partial charge in [-0.25, -0.2) is 4.98 Å². The molecule has 0 radical (unpaired) electrons. The Hall–Kier alpha value is -1.40. The molecule has 6 heteroatoms. The van der Waals surface area contributed by atoms with Gasteiger partial charge in [0.2, 0.25) is 5.91 Å². The molecule has 0 bridgehead atoms. The molecule has 1 saturated heterocycles. The minimum atomic E-state index is -0.103. The van der Waals surface area contributed by atoms with E-state index in [1.165, 1.54) is 0 Å². The van der Waals surface area contributed by atoms with E-state index in [1.807, 2.05) is 0 Å². The molecule has 0 aliphatic carbocycles. The van der Waals surface area contributed by atoms with E-state index >= 15 is 0 Å². The van der Waals surface area contributed by atoms with Crippen molar-refractivity contribution in [2.24, 2.45) is 0 Å². The Morgan fingerprint density at radius 2 is 2.35 bits per heavy atom. The number of nitrogens with one attached hydrogen (secondary N) is 1. The first-order valence-electron chi connectivity index (χ1n) is 5.76. The van der Waals surface area contributed by atoms with Crippen LogP contribution in [-0.2, 0) is 22.7 Å². The van der Waals surface area contributed by atoms with Gasteiger partial charge in [0, 0.05) is 25.5 Å². The number of ether oxygens (including phenoxy) is 1. The average Bonchev–Trinajstić information content (AvgIpc) is 2.78. The summed E-state index contributed by atoms with van der Waals surface area (Å²) in [6.07, 6.45) is 4.97. The summed E-state index contributed by atoms with van der Waals surface area (Å²) in [5, 5.41) is 11.8. The van der Waals surface area contributed by atoms with Crippen LogP contribution in [0.1, 0.15) is 18.5 Å². The highest BCUT2D eigenvalue weighted by atomic mass is 16.5. The lowest BCUT2D eigenvalue weighted by molar-refractivity contribution is -0.122. The van der Waals surface area contributed by atoms with E-state index < -0.39 is 0 Å². The normalized spacial score (nSPS) is 17.0. The smallest absolute Gasteiger partial charge is 0.240 e. The van der Waals surface area contributed by atoms with Crippen LogP contribution in [0, 0.1) is 0 Å². The standard InChI is InChI=1S/C11H17N3O3/c15-7-10-5-14(8-12-10)6-11(16)13-9-1-3-17-4-2-9/h5,8-9,15H,1-4,6-7H2,(H,13,16). The molecule has 0 saturated carbocycles. The van der Waals surface area contributed by atoms with Crippen molar-refractivity contribution in [3.8, 4) is 0 Å². The van der Waals surface area contributed by atoms with Gasteiger partial charge >= 0.3 is 0 Å². The van der Waals surface area contributed by atoms with E-state index in [-0.39, 0.29) is 25.1 Å². The highest BCUT2D eigenvalue weighted by Crippen LogP contribution is 2.06. The van der Waals surface area contributed by atoms with Gasteiger partial charge in [0.1, 0.15) is 6.54 Å². The van der Waals surface area contributed by atoms with E-state index in [0.29, 0.717) is 18.9 Å². The minimum Gasteiger partial charge on any atom is -0.390 e. The van der Waals surface area contributed by atoms with Crippen molar-refractivity contribution in [2.45, 2.75) is 32.0 Å². The molecule has 2 heterocycles. The van der Waals surface area contributed by atoms with Gasteiger partial charge in [-0.2, -0.15) is 0 Å². The number of carbonyl (C=O) groups is 1. The highest BCUT2D eigenvalue weighted by Gasteiger charge is 2.16. The number of aliphatic hydroxyl groups is 1. The lowest BCUT2D eigenvalue weighted by atomic mass is 10.1. The molecule has 0 atom stereocenters. The first-order valence-corrected chi connectivity index (χ1v) is 5.76. The van der Waals surface area contributed by atoms with Crippen LogP contribution in [0.4, 0.5) is 0 Å². The maximum atomic E-state index is 11.7. The maximum absolute atomic E-state index is 11.7. The molecule has 1 aromatic heterocycles. The molecule has 1 amide bonds. The van der Waals surface area contributed by atoms with Crippen molar-refractivity contribution in [1.82, 2.24) is 14.9 Å². The quantitative estimate of drug-likeness (QED) is 0.754. The zero-order valence-electron chi connectivity index (χ0n) is 9.63. The van der Waals surface area contributed by atoms with Gasteiger partial charge in [-0.3, -0.25) is 4.79 Å². The van der Waals surface area contributed by atoms with E-state index in [9.17, 15) is 4.79 Å². The second kappa shape index (κ2) is 5.79. The summed E-state index contributed by atoms with van der Waals surface area (Å²) in [4.78, 5) is 15.7. The zero-order valence-corrected chi connectivity index (χ0v) is 9.63. The molecule has 6 nitrogen and oxygen atoms in total. The number of carbonyl (C=O) groups excluding carboxylic acids is 1. The second-order valence-corrected chi connectivity index (χ2v) is 4.15. The molecule has 17 heavy (non-hydrogen) atoms. The SMILES string of the molecule is O=C(Cn1cnc(CO)c1)NC1CCOCC1. The Labute approximate surface area is 99.6 Å². The molecule has 1 fully saturated rings. The van der Waals surface area contributed by atoms with Crippen molar-refractivity contribution in [2.75, 3.05) is 13.2 Å². The molecule has 0 spiro atoms. The van der Waals surface area contributed by atoms with Crippen LogP contribution >= 0.6 is 0 Å². The third kappa shape index (κ3) is 3.54. The average molecular weight is 239 g/mol. The molecule has 1 aliphatic heterocycles. The molecular weight excluding hydrogens is 222 g/mol. The number of imidazole rings is 1. The Balaban J connectivity index is 1.79. The van der Waals surface area contributed by atoms with Crippen LogP contribution in [0.2, 0.25) is 0 Å². The van der Waals surface area contributed by atoms with Crippen LogP contribution in [0.25, 0.3) is 0 Å². The lowest BCUT2D eigenvalue weighted by Crippen LogP contribution is -2.40. The Bertz CT molecular complexity index is 372. The fourth-order valence-corrected chi connectivity index (χ4v) is 1.86. The topological polar surface area (TPSA) is 76.4 Å². The molecule has 1 aliphatic rings. The zero-order chi connectivity index (χ0) is 12.1. The van der Waals surface area contributed by atoms with Gasteiger partial charge in [-0.1, -0.05) is 0 Å². The summed E-state index contributed by atoms with van der Waals surface area (Å²) >= 11 is 0. The first kappa shape index (κ1) is 12.1. The van der Waals surface area contributed by atoms with Crippen LogP contribution in [0.3, 0.4) is 0 Å². The molecule has 94 valence electrons. The van der Waals surface area contributed by atoms with Crippen LogP contribution in [0.15, 0.2) is 12.5 Å². The molecule has 1 aromatic rings. The summed E-state index contributed by atoms with van der Waals surface area (Å²) in [5.41, 5.74) is 0.573. The van der Waals surface area contributed by atoms with Gasteiger partial charge < -0.3 is 19.7 Å². The number of hydrogen-bond acceptors (Lipinski definition) is 4. The third-order valence-corrected chi connectivity index (χ3v) is 2.76. The third-order valence-electron chi connectivity index (χ3n) is 2.76. The van der Waals surface area contributed by atoms with Crippen LogP contribution in [0.5, 0.6) is 0 Å². The van der Waals surface area contributed by atoms with Gasteiger partial charge in [-0.05, 0) is 12.8 Å². The monoisotopic (exact) mass is 239 g/mol. The number of amides is 1. The Kier molecular flexibility index (Phi) is 4.11. The van der Waals surface area contributed by atoms with Gasteiger partial charge in [0.25, 0.3) is 0 Å². The molecule has 2 rings (SSSR count). The van der Waals surface area contributed by atoms with Crippen molar-refractivity contribution < 1.29 is 14.6 Å². The van der Waals surface area contributed by atoms with Gasteiger partial charge in [0.15, 0.2) is 0 Å². The lowest BCUT2D eigenvalue weighted by Gasteiger charge is -2.23. The number of hydrogen-bond donors (Lipinski definition) is 2. The van der Waals surface area contributed by atoms with Crippen LogP contribution in [-0.4, -0.2) is 39.8 Å². The van der Waals surface area contributed by atoms with E-state index in [1.54, 1.807) is 17.1 Å². The maximum Gasteiger partial charge on any atom is 0.240 e. The van der Waals surface area contributed by atoms with Crippen molar-refractivity contribution >= 4 is 5.91 Å². The van der Waals surface area contributed by atoms with Crippen molar-refractivity contribution in [1.29, 1.82) is 0 Å². The molecule has 2 N–H and O–H groups in total. The summed E-state index contributed by atoms with van der Waals surface area (Å²) in [6, 6.07) is 0.220. The molecule has 0 aromatic carbocycles. The predicted octanol–water partition coefficient (Wildman–Crippen LogP) is -0.329. The van der Waals surface area contributed by atoms with E-state index in [0.717, 1.165) is 12.8 Å². The van der Waals surface area contributed by atoms with Gasteiger partial charge in [0.05, 0.1) is 18.6 Å². The Morgan fingerprint density at radius 3 is 3.00 bits per heavy atom. The van der Waals surface area contributed by atoms with E-state index in [2.05, 4.69) is 10.3 Å². The predicted molar refractivity (Wildman–Crippen MR) is 60.1 cm³/mol. The fourth-order valence-electron chi connectivity index (χ4n) is 1.86. The van der Waals surface area contributed by atoms with Crippen LogP contribution < -0.4 is 5.32 Å². The summed E-state index contributed by atoms with van der Waals surface area (Å²) in [7, 11) is 0. The first-order chi connectivity index (χ1) is 8.28. The number of nitrogens with zero attached hydrogens (tertiary/aromatic N) is 2. The second-order valence-electron chi connectivity index (χ2n) is 4.15.